The first-order valence-electron chi connectivity index (χ1n) is 8.50. The van der Waals surface area contributed by atoms with Crippen molar-refractivity contribution in [1.29, 1.82) is 0 Å². The number of rotatable bonds is 6. The Morgan fingerprint density at radius 3 is 2.92 bits per heavy atom. The van der Waals surface area contributed by atoms with E-state index in [-0.39, 0.29) is 22.2 Å². The highest BCUT2D eigenvalue weighted by atomic mass is 32.2. The van der Waals surface area contributed by atoms with Gasteiger partial charge in [-0.2, -0.15) is 0 Å². The summed E-state index contributed by atoms with van der Waals surface area (Å²) in [4.78, 5) is 37.1. The largest absolute Gasteiger partial charge is 0.496 e. The van der Waals surface area contributed by atoms with Crippen LogP contribution in [0.15, 0.2) is 18.2 Å². The van der Waals surface area contributed by atoms with Gasteiger partial charge in [-0.3, -0.25) is 9.59 Å². The van der Waals surface area contributed by atoms with Gasteiger partial charge in [0.2, 0.25) is 11.8 Å². The van der Waals surface area contributed by atoms with Crippen LogP contribution >= 0.6 is 11.8 Å². The van der Waals surface area contributed by atoms with Crippen LogP contribution in [0.3, 0.4) is 0 Å². The van der Waals surface area contributed by atoms with E-state index in [0.29, 0.717) is 30.9 Å². The standard InChI is InChI=1S/C18H22N2O5S/c1-18-7-5-15(21)20(18)13(10-26-18)16(22)19-8-6-11-3-4-12(17(23)24)9-14(11)25-2/h3-4,9,13H,5-8,10H2,1-2H3,(H,19,22)(H,23,24). The molecule has 26 heavy (non-hydrogen) atoms. The molecule has 2 atom stereocenters. The number of carbonyl (C=O) groups excluding carboxylic acids is 2. The predicted octanol–water partition coefficient (Wildman–Crippen LogP) is 1.51. The molecule has 2 heterocycles. The number of carboxylic acids is 1. The molecule has 0 aromatic heterocycles. The number of fused-ring (bicyclic) bond motifs is 1. The van der Waals surface area contributed by atoms with E-state index in [0.717, 1.165) is 12.0 Å². The fraction of sp³-hybridized carbons (Fsp3) is 0.500. The molecule has 3 rings (SSSR count). The molecule has 2 aliphatic rings. The summed E-state index contributed by atoms with van der Waals surface area (Å²) in [6, 6.07) is 4.27. The van der Waals surface area contributed by atoms with E-state index in [1.54, 1.807) is 22.7 Å². The van der Waals surface area contributed by atoms with Crippen LogP contribution in [0.4, 0.5) is 0 Å². The number of thioether (sulfide) groups is 1. The summed E-state index contributed by atoms with van der Waals surface area (Å²) in [5, 5.41) is 11.9. The molecule has 1 aromatic rings. The number of amides is 2. The number of aromatic carboxylic acids is 1. The molecule has 2 unspecified atom stereocenters. The average Bonchev–Trinajstić information content (AvgIpc) is 3.11. The van der Waals surface area contributed by atoms with Gasteiger partial charge in [-0.05, 0) is 37.5 Å². The van der Waals surface area contributed by atoms with Crippen LogP contribution in [0.2, 0.25) is 0 Å². The molecule has 7 nitrogen and oxygen atoms in total. The van der Waals surface area contributed by atoms with Gasteiger partial charge in [0.05, 0.1) is 17.5 Å². The van der Waals surface area contributed by atoms with Crippen LogP contribution in [-0.4, -0.2) is 58.1 Å². The highest BCUT2D eigenvalue weighted by Gasteiger charge is 2.52. The number of nitrogens with zero attached hydrogens (tertiary/aromatic N) is 1. The summed E-state index contributed by atoms with van der Waals surface area (Å²) in [6.07, 6.45) is 1.80. The SMILES string of the molecule is COc1cc(C(=O)O)ccc1CCNC(=O)C1CSC2(C)CCC(=O)N12. The molecule has 2 saturated heterocycles. The minimum absolute atomic E-state index is 0.0450. The summed E-state index contributed by atoms with van der Waals surface area (Å²) in [5.41, 5.74) is 0.977. The molecule has 2 fully saturated rings. The Hall–Kier alpha value is -2.22. The van der Waals surface area contributed by atoms with Gasteiger partial charge in [0, 0.05) is 18.7 Å². The number of methoxy groups -OCH3 is 1. The van der Waals surface area contributed by atoms with Gasteiger partial charge >= 0.3 is 5.97 Å². The van der Waals surface area contributed by atoms with E-state index >= 15 is 0 Å². The van der Waals surface area contributed by atoms with Gasteiger partial charge in [-0.1, -0.05) is 6.07 Å². The number of benzene rings is 1. The molecule has 2 N–H and O–H groups in total. The number of carboxylic acid groups (broad SMARTS) is 1. The van der Waals surface area contributed by atoms with Crippen molar-refractivity contribution < 1.29 is 24.2 Å². The van der Waals surface area contributed by atoms with Gasteiger partial charge in [0.1, 0.15) is 11.8 Å². The smallest absolute Gasteiger partial charge is 0.335 e. The molecule has 2 amide bonds. The van der Waals surface area contributed by atoms with E-state index < -0.39 is 12.0 Å². The third-order valence-electron chi connectivity index (χ3n) is 4.98. The lowest BCUT2D eigenvalue weighted by Gasteiger charge is -2.29. The third kappa shape index (κ3) is 3.38. The van der Waals surface area contributed by atoms with Crippen LogP contribution in [-0.2, 0) is 16.0 Å². The molecule has 0 saturated carbocycles. The van der Waals surface area contributed by atoms with Crippen LogP contribution in [0.25, 0.3) is 0 Å². The normalized spacial score (nSPS) is 24.5. The zero-order valence-corrected chi connectivity index (χ0v) is 15.6. The molecule has 1 aromatic carbocycles. The Balaban J connectivity index is 1.59. The van der Waals surface area contributed by atoms with Crippen molar-refractivity contribution in [2.45, 2.75) is 37.1 Å². The van der Waals surface area contributed by atoms with Crippen molar-refractivity contribution >= 4 is 29.5 Å². The molecule has 0 radical (unpaired) electrons. The third-order valence-corrected chi connectivity index (χ3v) is 6.48. The zero-order chi connectivity index (χ0) is 18.9. The number of hydrogen-bond acceptors (Lipinski definition) is 5. The Morgan fingerprint density at radius 2 is 2.23 bits per heavy atom. The number of carbonyl (C=O) groups is 3. The van der Waals surface area contributed by atoms with E-state index in [4.69, 9.17) is 9.84 Å². The first kappa shape index (κ1) is 18.6. The minimum Gasteiger partial charge on any atom is -0.496 e. The number of hydrogen-bond donors (Lipinski definition) is 2. The van der Waals surface area contributed by atoms with E-state index in [2.05, 4.69) is 5.32 Å². The highest BCUT2D eigenvalue weighted by molar-refractivity contribution is 8.01. The Labute approximate surface area is 156 Å². The van der Waals surface area contributed by atoms with E-state index in [1.165, 1.54) is 19.2 Å². The molecule has 2 aliphatic heterocycles. The lowest BCUT2D eigenvalue weighted by molar-refractivity contribution is -0.137. The molecule has 0 bridgehead atoms. The summed E-state index contributed by atoms with van der Waals surface area (Å²) >= 11 is 1.66. The Kier molecular flexibility index (Phi) is 5.13. The summed E-state index contributed by atoms with van der Waals surface area (Å²) in [7, 11) is 1.48. The van der Waals surface area contributed by atoms with Gasteiger partial charge in [0.25, 0.3) is 0 Å². The predicted molar refractivity (Wildman–Crippen MR) is 97.4 cm³/mol. The monoisotopic (exact) mass is 378 g/mol. The second-order valence-electron chi connectivity index (χ2n) is 6.64. The van der Waals surface area contributed by atoms with Crippen molar-refractivity contribution in [1.82, 2.24) is 10.2 Å². The number of nitrogens with one attached hydrogen (secondary N) is 1. The van der Waals surface area contributed by atoms with Gasteiger partial charge in [-0.15, -0.1) is 11.8 Å². The summed E-state index contributed by atoms with van der Waals surface area (Å²) in [6.45, 7) is 2.41. The van der Waals surface area contributed by atoms with Gasteiger partial charge in [-0.25, -0.2) is 4.79 Å². The van der Waals surface area contributed by atoms with Crippen molar-refractivity contribution in [2.75, 3.05) is 19.4 Å². The Bertz CT molecular complexity index is 753. The fourth-order valence-corrected chi connectivity index (χ4v) is 4.97. The summed E-state index contributed by atoms with van der Waals surface area (Å²) in [5.74, 6) is -0.00991. The van der Waals surface area contributed by atoms with E-state index in [9.17, 15) is 14.4 Å². The second-order valence-corrected chi connectivity index (χ2v) is 8.14. The fourth-order valence-electron chi connectivity index (χ4n) is 3.54. The van der Waals surface area contributed by atoms with Crippen molar-refractivity contribution in [3.8, 4) is 5.75 Å². The summed E-state index contributed by atoms with van der Waals surface area (Å²) < 4.78 is 5.25. The van der Waals surface area contributed by atoms with Crippen molar-refractivity contribution in [3.63, 3.8) is 0 Å². The van der Waals surface area contributed by atoms with Crippen LogP contribution in [0.1, 0.15) is 35.7 Å². The molecular formula is C18H22N2O5S. The average molecular weight is 378 g/mol. The maximum absolute atomic E-state index is 12.5. The zero-order valence-electron chi connectivity index (χ0n) is 14.8. The van der Waals surface area contributed by atoms with Crippen LogP contribution in [0.5, 0.6) is 5.75 Å². The first-order chi connectivity index (χ1) is 12.4. The molecule has 0 aliphatic carbocycles. The van der Waals surface area contributed by atoms with Crippen molar-refractivity contribution in [2.24, 2.45) is 0 Å². The lowest BCUT2D eigenvalue weighted by atomic mass is 10.1. The first-order valence-corrected chi connectivity index (χ1v) is 9.48. The molecule has 8 heteroatoms. The number of ether oxygens (including phenoxy) is 1. The topological polar surface area (TPSA) is 95.9 Å². The van der Waals surface area contributed by atoms with Crippen LogP contribution in [0, 0.1) is 0 Å². The van der Waals surface area contributed by atoms with Gasteiger partial charge < -0.3 is 20.1 Å². The highest BCUT2D eigenvalue weighted by Crippen LogP contribution is 2.47. The second kappa shape index (κ2) is 7.19. The van der Waals surface area contributed by atoms with Crippen LogP contribution < -0.4 is 10.1 Å². The quantitative estimate of drug-likeness (QED) is 0.779. The van der Waals surface area contributed by atoms with Gasteiger partial charge in [0.15, 0.2) is 0 Å². The lowest BCUT2D eigenvalue weighted by Crippen LogP contribution is -2.50. The maximum Gasteiger partial charge on any atom is 0.335 e. The minimum atomic E-state index is -1.01. The van der Waals surface area contributed by atoms with Crippen molar-refractivity contribution in [3.05, 3.63) is 29.3 Å². The Morgan fingerprint density at radius 1 is 1.46 bits per heavy atom. The van der Waals surface area contributed by atoms with E-state index in [1.807, 2.05) is 6.92 Å². The maximum atomic E-state index is 12.5. The molecule has 140 valence electrons. The molecular weight excluding hydrogens is 356 g/mol. The molecule has 0 spiro atoms.